The van der Waals surface area contributed by atoms with Crippen LogP contribution in [0.25, 0.3) is 0 Å². The lowest BCUT2D eigenvalue weighted by atomic mass is 9.87. The number of rotatable bonds is 2. The molecule has 4 rings (SSSR count). The van der Waals surface area contributed by atoms with Gasteiger partial charge in [0.05, 0.1) is 5.92 Å². The third kappa shape index (κ3) is 3.05. The molecule has 0 aliphatic carbocycles. The lowest BCUT2D eigenvalue weighted by Crippen LogP contribution is -2.52. The van der Waals surface area contributed by atoms with Gasteiger partial charge in [-0.3, -0.25) is 9.69 Å². The highest BCUT2D eigenvalue weighted by molar-refractivity contribution is 5.83. The molecule has 26 heavy (non-hydrogen) atoms. The van der Waals surface area contributed by atoms with Crippen LogP contribution in [0.4, 0.5) is 0 Å². The number of hydrogen-bond donors (Lipinski definition) is 0. The van der Waals surface area contributed by atoms with Crippen molar-refractivity contribution in [3.8, 4) is 0 Å². The molecule has 0 N–H and O–H groups in total. The summed E-state index contributed by atoms with van der Waals surface area (Å²) in [6.45, 7) is 4.72. The highest BCUT2D eigenvalue weighted by atomic mass is 16.2. The highest BCUT2D eigenvalue weighted by Crippen LogP contribution is 2.37. The smallest absolute Gasteiger partial charge is 0.230 e. The number of fused-ring (bicyclic) bond motifs is 1. The van der Waals surface area contributed by atoms with Gasteiger partial charge in [-0.05, 0) is 56.5 Å². The molecule has 1 unspecified atom stereocenters. The van der Waals surface area contributed by atoms with Gasteiger partial charge < -0.3 is 4.90 Å². The minimum Gasteiger partial charge on any atom is -0.336 e. The molecule has 2 aliphatic rings. The molecule has 3 nitrogen and oxygen atoms in total. The van der Waals surface area contributed by atoms with Gasteiger partial charge in [-0.25, -0.2) is 0 Å². The van der Waals surface area contributed by atoms with Gasteiger partial charge in [0.2, 0.25) is 5.91 Å². The normalized spacial score (nSPS) is 24.3. The zero-order valence-corrected chi connectivity index (χ0v) is 15.8. The predicted molar refractivity (Wildman–Crippen MR) is 105 cm³/mol. The molecule has 0 saturated carbocycles. The van der Waals surface area contributed by atoms with Crippen LogP contribution in [-0.4, -0.2) is 41.4 Å². The van der Waals surface area contributed by atoms with E-state index in [2.05, 4.69) is 53.2 Å². The van der Waals surface area contributed by atoms with Crippen LogP contribution in [0.15, 0.2) is 54.6 Å². The summed E-state index contributed by atoms with van der Waals surface area (Å²) >= 11 is 0. The lowest BCUT2D eigenvalue weighted by molar-refractivity contribution is -0.134. The summed E-state index contributed by atoms with van der Waals surface area (Å²) in [7, 11) is 2.23. The molecule has 1 fully saturated rings. The van der Waals surface area contributed by atoms with Gasteiger partial charge in [0, 0.05) is 18.6 Å². The van der Waals surface area contributed by atoms with E-state index in [-0.39, 0.29) is 17.4 Å². The number of likely N-dealkylation sites (tertiary alicyclic amines) is 1. The Balaban J connectivity index is 1.68. The average molecular weight is 348 g/mol. The number of amides is 1. The van der Waals surface area contributed by atoms with Gasteiger partial charge in [0.1, 0.15) is 0 Å². The Morgan fingerprint density at radius 3 is 2.42 bits per heavy atom. The van der Waals surface area contributed by atoms with Crippen molar-refractivity contribution < 1.29 is 4.79 Å². The van der Waals surface area contributed by atoms with E-state index in [0.29, 0.717) is 0 Å². The van der Waals surface area contributed by atoms with Gasteiger partial charge in [0.15, 0.2) is 0 Å². The third-order valence-electron chi connectivity index (χ3n) is 6.41. The molecular formula is C23H28N2O. The molecule has 136 valence electrons. The molecule has 2 aliphatic heterocycles. The summed E-state index contributed by atoms with van der Waals surface area (Å²) in [6.07, 6.45) is 3.43. The molecule has 2 aromatic carbocycles. The highest BCUT2D eigenvalue weighted by Gasteiger charge is 2.43. The number of carbonyl (C=O) groups is 1. The summed E-state index contributed by atoms with van der Waals surface area (Å²) in [5.41, 5.74) is 3.89. The van der Waals surface area contributed by atoms with Crippen molar-refractivity contribution in [1.29, 1.82) is 0 Å². The molecule has 0 radical (unpaired) electrons. The van der Waals surface area contributed by atoms with E-state index in [0.717, 1.165) is 31.6 Å². The quantitative estimate of drug-likeness (QED) is 0.823. The molecular weight excluding hydrogens is 320 g/mol. The Morgan fingerprint density at radius 2 is 1.73 bits per heavy atom. The zero-order chi connectivity index (χ0) is 18.1. The SMILES string of the molecule is C[C@H](C(=O)N1Cc2ccccc2CC2(CCCN2C)C1)c1ccccc1. The van der Waals surface area contributed by atoms with Crippen molar-refractivity contribution in [3.05, 3.63) is 71.3 Å². The maximum absolute atomic E-state index is 13.4. The van der Waals surface area contributed by atoms with Crippen LogP contribution in [-0.2, 0) is 17.8 Å². The van der Waals surface area contributed by atoms with Crippen LogP contribution in [0.3, 0.4) is 0 Å². The number of benzene rings is 2. The van der Waals surface area contributed by atoms with Crippen molar-refractivity contribution in [3.63, 3.8) is 0 Å². The first-order valence-corrected chi connectivity index (χ1v) is 9.71. The van der Waals surface area contributed by atoms with Crippen LogP contribution < -0.4 is 0 Å². The predicted octanol–water partition coefficient (Wildman–Crippen LogP) is 3.84. The van der Waals surface area contributed by atoms with Crippen molar-refractivity contribution >= 4 is 5.91 Å². The minimum absolute atomic E-state index is 0.0820. The van der Waals surface area contributed by atoms with E-state index in [1.54, 1.807) is 0 Å². The first-order chi connectivity index (χ1) is 12.6. The Kier molecular flexibility index (Phi) is 4.58. The topological polar surface area (TPSA) is 23.6 Å². The van der Waals surface area contributed by atoms with E-state index in [1.807, 2.05) is 25.1 Å². The fraction of sp³-hybridized carbons (Fsp3) is 0.435. The van der Waals surface area contributed by atoms with E-state index >= 15 is 0 Å². The van der Waals surface area contributed by atoms with E-state index < -0.39 is 0 Å². The number of likely N-dealkylation sites (N-methyl/N-ethyl adjacent to an activating group) is 1. The standard InChI is InChI=1S/C23H28N2O/c1-18(19-9-4-3-5-10-19)22(26)25-16-21-12-7-6-11-20(21)15-23(17-25)13-8-14-24(23)2/h3-7,9-12,18H,8,13-17H2,1-2H3/t18-,23?/m0/s1. The monoisotopic (exact) mass is 348 g/mol. The van der Waals surface area contributed by atoms with Crippen LogP contribution in [0, 0.1) is 0 Å². The number of nitrogens with zero attached hydrogens (tertiary/aromatic N) is 2. The van der Waals surface area contributed by atoms with Crippen molar-refractivity contribution in [2.24, 2.45) is 0 Å². The first-order valence-electron chi connectivity index (χ1n) is 9.71. The van der Waals surface area contributed by atoms with Gasteiger partial charge in [0.25, 0.3) is 0 Å². The number of carbonyl (C=O) groups excluding carboxylic acids is 1. The van der Waals surface area contributed by atoms with Crippen molar-refractivity contribution in [2.75, 3.05) is 20.1 Å². The Labute approximate surface area is 156 Å². The lowest BCUT2D eigenvalue weighted by Gasteiger charge is -2.39. The zero-order valence-electron chi connectivity index (χ0n) is 15.8. The summed E-state index contributed by atoms with van der Waals surface area (Å²) in [6, 6.07) is 18.8. The summed E-state index contributed by atoms with van der Waals surface area (Å²) in [5.74, 6) is 0.137. The summed E-state index contributed by atoms with van der Waals surface area (Å²) in [5, 5.41) is 0. The molecule has 2 heterocycles. The van der Waals surface area contributed by atoms with Gasteiger partial charge >= 0.3 is 0 Å². The largest absolute Gasteiger partial charge is 0.336 e. The Hall–Kier alpha value is -2.13. The minimum atomic E-state index is -0.106. The second-order valence-electron chi connectivity index (χ2n) is 8.02. The van der Waals surface area contributed by atoms with Crippen LogP contribution in [0.1, 0.15) is 42.4 Å². The van der Waals surface area contributed by atoms with Crippen molar-refractivity contribution in [1.82, 2.24) is 9.80 Å². The molecule has 0 aromatic heterocycles. The van der Waals surface area contributed by atoms with E-state index in [9.17, 15) is 4.79 Å². The molecule has 1 saturated heterocycles. The first kappa shape index (κ1) is 17.3. The van der Waals surface area contributed by atoms with E-state index in [1.165, 1.54) is 24.0 Å². The van der Waals surface area contributed by atoms with Crippen LogP contribution >= 0.6 is 0 Å². The second kappa shape index (κ2) is 6.88. The fourth-order valence-electron chi connectivity index (χ4n) is 4.72. The summed E-state index contributed by atoms with van der Waals surface area (Å²) < 4.78 is 0. The molecule has 0 bridgehead atoms. The van der Waals surface area contributed by atoms with E-state index in [4.69, 9.17) is 0 Å². The third-order valence-corrected chi connectivity index (χ3v) is 6.41. The molecule has 2 atom stereocenters. The molecule has 1 amide bonds. The number of hydrogen-bond acceptors (Lipinski definition) is 2. The second-order valence-corrected chi connectivity index (χ2v) is 8.02. The average Bonchev–Trinajstić information content (AvgIpc) is 2.92. The fourth-order valence-corrected chi connectivity index (χ4v) is 4.72. The molecule has 3 heteroatoms. The molecule has 2 aromatic rings. The maximum Gasteiger partial charge on any atom is 0.230 e. The van der Waals surface area contributed by atoms with Crippen LogP contribution in [0.5, 0.6) is 0 Å². The maximum atomic E-state index is 13.4. The Bertz CT molecular complexity index is 788. The van der Waals surface area contributed by atoms with Gasteiger partial charge in [-0.15, -0.1) is 0 Å². The van der Waals surface area contributed by atoms with Gasteiger partial charge in [-0.2, -0.15) is 0 Å². The van der Waals surface area contributed by atoms with Crippen molar-refractivity contribution in [2.45, 2.75) is 44.2 Å². The molecule has 1 spiro atoms. The summed E-state index contributed by atoms with van der Waals surface area (Å²) in [4.78, 5) is 18.0. The van der Waals surface area contributed by atoms with Crippen LogP contribution in [0.2, 0.25) is 0 Å². The van der Waals surface area contributed by atoms with Gasteiger partial charge in [-0.1, -0.05) is 54.6 Å². The Morgan fingerprint density at radius 1 is 1.04 bits per heavy atom.